The summed E-state index contributed by atoms with van der Waals surface area (Å²) in [6, 6.07) is 8.42. The lowest BCUT2D eigenvalue weighted by molar-refractivity contribution is 0.0982. The van der Waals surface area contributed by atoms with Gasteiger partial charge in [0.15, 0.2) is 0 Å². The highest BCUT2D eigenvalue weighted by molar-refractivity contribution is 7.66. The van der Waals surface area contributed by atoms with Gasteiger partial charge in [0, 0.05) is 0 Å². The zero-order valence-electron chi connectivity index (χ0n) is 14.4. The molecule has 130 valence electrons. The van der Waals surface area contributed by atoms with Crippen LogP contribution in [0.1, 0.15) is 44.3 Å². The Kier molecular flexibility index (Phi) is 6.16. The molecule has 2 rings (SSSR count). The van der Waals surface area contributed by atoms with Gasteiger partial charge in [0.05, 0.1) is 21.2 Å². The van der Waals surface area contributed by atoms with E-state index in [1.54, 1.807) is 19.9 Å². The van der Waals surface area contributed by atoms with Crippen molar-refractivity contribution in [3.8, 4) is 0 Å². The minimum Gasteiger partial charge on any atom is -0.289 e. The zero-order chi connectivity index (χ0) is 18.9. The van der Waals surface area contributed by atoms with Gasteiger partial charge in [-0.15, -0.1) is 0 Å². The van der Waals surface area contributed by atoms with E-state index < -0.39 is 24.8 Å². The van der Waals surface area contributed by atoms with Crippen LogP contribution in [0.25, 0.3) is 0 Å². The molecule has 0 saturated carbocycles. The van der Waals surface area contributed by atoms with Crippen molar-refractivity contribution in [3.63, 3.8) is 0 Å². The van der Waals surface area contributed by atoms with Gasteiger partial charge in [-0.1, -0.05) is 51.5 Å². The molecule has 2 atom stereocenters. The topological polar surface area (TPSA) is 51.2 Å². The zero-order valence-corrected chi connectivity index (χ0v) is 16.8. The van der Waals surface area contributed by atoms with Crippen molar-refractivity contribution in [2.45, 2.75) is 33.4 Å². The molecular weight excluding hydrogens is 378 g/mol. The lowest BCUT2D eigenvalue weighted by Gasteiger charge is -2.08. The monoisotopic (exact) mass is 395 g/mol. The predicted octanol–water partition coefficient (Wildman–Crippen LogP) is 6.16. The third-order valence-electron chi connectivity index (χ3n) is 4.03. The second-order valence-corrected chi connectivity index (χ2v) is 8.69. The Morgan fingerprint density at radius 2 is 1.44 bits per heavy atom. The summed E-state index contributed by atoms with van der Waals surface area (Å²) >= 11 is 12.1. The molecule has 3 nitrogen and oxygen atoms in total. The molecule has 0 N–H and O–H groups in total. The summed E-state index contributed by atoms with van der Waals surface area (Å²) in [6.45, 7) is 7.00. The highest BCUT2D eigenvalue weighted by Crippen LogP contribution is 2.38. The average molecular weight is 396 g/mol. The van der Waals surface area contributed by atoms with Crippen LogP contribution in [0.4, 0.5) is 0 Å². The van der Waals surface area contributed by atoms with E-state index in [4.69, 9.17) is 23.2 Å². The summed E-state index contributed by atoms with van der Waals surface area (Å²) in [5.74, 6) is -0.493. The smallest absolute Gasteiger partial charge is 0.289 e. The first-order chi connectivity index (χ1) is 11.6. The Labute approximate surface area is 158 Å². The van der Waals surface area contributed by atoms with Crippen LogP contribution in [0.3, 0.4) is 0 Å². The summed E-state index contributed by atoms with van der Waals surface area (Å²) in [7, 11) is -2.46. The van der Waals surface area contributed by atoms with Crippen LogP contribution in [0, 0.1) is 20.8 Å². The van der Waals surface area contributed by atoms with E-state index in [0.717, 1.165) is 16.7 Å². The fourth-order valence-corrected chi connectivity index (χ4v) is 4.70. The average Bonchev–Trinajstić information content (AvgIpc) is 2.52. The summed E-state index contributed by atoms with van der Waals surface area (Å²) < 4.78 is 12.8. The minimum absolute atomic E-state index is 0.104. The van der Waals surface area contributed by atoms with Crippen molar-refractivity contribution in [2.75, 3.05) is 0 Å². The maximum Gasteiger partial charge on any atom is 0.431 e. The fourth-order valence-electron chi connectivity index (χ4n) is 2.85. The Bertz CT molecular complexity index is 847. The molecule has 25 heavy (non-hydrogen) atoms. The lowest BCUT2D eigenvalue weighted by Crippen LogP contribution is -2.18. The molecule has 0 radical (unpaired) electrons. The second kappa shape index (κ2) is 7.78. The first kappa shape index (κ1) is 19.8. The number of carbonyl (C=O) groups excluding carboxylic acids is 2. The Morgan fingerprint density at radius 3 is 1.92 bits per heavy atom. The quantitative estimate of drug-likeness (QED) is 0.449. The maximum absolute atomic E-state index is 12.8. The van der Waals surface area contributed by atoms with E-state index in [2.05, 4.69) is 0 Å². The van der Waals surface area contributed by atoms with Gasteiger partial charge in [0.1, 0.15) is 0 Å². The number of hydrogen-bond acceptors (Lipinski definition) is 3. The van der Waals surface area contributed by atoms with Crippen LogP contribution in [0.2, 0.25) is 10.0 Å². The molecule has 0 heterocycles. The summed E-state index contributed by atoms with van der Waals surface area (Å²) in [5, 5.41) is 0.366. The summed E-state index contributed by atoms with van der Waals surface area (Å²) in [4.78, 5) is 25.4. The SMILES string of the molecule is Cc1cc(C)c(C(=O)[P+](=O)C(C)C(=O)c2c(Cl)cccc2Cl)c(C)c1. The number of carbonyl (C=O) groups is 2. The van der Waals surface area contributed by atoms with Crippen LogP contribution < -0.4 is 0 Å². The minimum atomic E-state index is -2.46. The van der Waals surface area contributed by atoms with Crippen LogP contribution in [0.5, 0.6) is 0 Å². The third-order valence-corrected chi connectivity index (χ3v) is 6.22. The molecule has 0 aromatic heterocycles. The standard InChI is InChI=1S/C19H18Cl2O3P/c1-10-8-11(2)16(12(3)9-10)19(23)25(24)13(4)18(22)17-14(20)6-5-7-15(17)21/h5-9,13H,1-4H3/q+1. The van der Waals surface area contributed by atoms with Gasteiger partial charge in [0.2, 0.25) is 11.4 Å². The van der Waals surface area contributed by atoms with E-state index in [0.29, 0.717) is 5.56 Å². The highest BCUT2D eigenvalue weighted by atomic mass is 35.5. The van der Waals surface area contributed by atoms with Crippen LogP contribution >= 0.6 is 31.0 Å². The van der Waals surface area contributed by atoms with Gasteiger partial charge >= 0.3 is 13.3 Å². The molecule has 0 spiro atoms. The van der Waals surface area contributed by atoms with Crippen LogP contribution in [-0.2, 0) is 4.57 Å². The second-order valence-electron chi connectivity index (χ2n) is 6.04. The van der Waals surface area contributed by atoms with Gasteiger partial charge in [-0.2, -0.15) is 0 Å². The molecule has 0 bridgehead atoms. The Balaban J connectivity index is 2.37. The highest BCUT2D eigenvalue weighted by Gasteiger charge is 2.43. The van der Waals surface area contributed by atoms with Crippen molar-refractivity contribution in [1.82, 2.24) is 0 Å². The van der Waals surface area contributed by atoms with Crippen molar-refractivity contribution < 1.29 is 14.2 Å². The first-order valence-corrected chi connectivity index (χ1v) is 9.80. The number of rotatable bonds is 5. The Hall–Kier alpha value is -1.54. The molecule has 6 heteroatoms. The molecule has 0 fully saturated rings. The fraction of sp³-hybridized carbons (Fsp3) is 0.263. The molecule has 0 saturated heterocycles. The van der Waals surface area contributed by atoms with Gasteiger partial charge in [-0.05, 0) is 51.0 Å². The molecule has 0 amide bonds. The molecule has 2 aromatic carbocycles. The van der Waals surface area contributed by atoms with Crippen molar-refractivity contribution >= 4 is 42.3 Å². The van der Waals surface area contributed by atoms with Gasteiger partial charge in [-0.3, -0.25) is 4.79 Å². The maximum atomic E-state index is 12.8. The number of benzene rings is 2. The molecule has 2 aromatic rings. The molecule has 0 aliphatic rings. The third kappa shape index (κ3) is 4.00. The van der Waals surface area contributed by atoms with E-state index in [9.17, 15) is 14.2 Å². The lowest BCUT2D eigenvalue weighted by atomic mass is 10.0. The van der Waals surface area contributed by atoms with E-state index in [1.165, 1.54) is 19.1 Å². The molecule has 0 aliphatic carbocycles. The van der Waals surface area contributed by atoms with Gasteiger partial charge in [-0.25, -0.2) is 4.79 Å². The van der Waals surface area contributed by atoms with E-state index in [1.807, 2.05) is 19.1 Å². The van der Waals surface area contributed by atoms with Crippen molar-refractivity contribution in [1.29, 1.82) is 0 Å². The number of Topliss-reactive ketones (excluding diaryl/α,β-unsaturated/α-hetero) is 1. The Morgan fingerprint density at radius 1 is 0.960 bits per heavy atom. The molecular formula is C19H18Cl2O3P+. The van der Waals surface area contributed by atoms with Crippen molar-refractivity contribution in [3.05, 3.63) is 68.2 Å². The summed E-state index contributed by atoms with van der Waals surface area (Å²) in [5.41, 5.74) is 1.51. The molecule has 0 aliphatic heterocycles. The predicted molar refractivity (Wildman–Crippen MR) is 103 cm³/mol. The van der Waals surface area contributed by atoms with Crippen LogP contribution in [-0.4, -0.2) is 17.0 Å². The number of ketones is 1. The molecule has 2 unspecified atom stereocenters. The number of aryl methyl sites for hydroxylation is 3. The normalized spacial score (nSPS) is 12.6. The van der Waals surface area contributed by atoms with Crippen LogP contribution in [0.15, 0.2) is 30.3 Å². The summed E-state index contributed by atoms with van der Waals surface area (Å²) in [6.07, 6.45) is 0. The first-order valence-electron chi connectivity index (χ1n) is 7.72. The van der Waals surface area contributed by atoms with Gasteiger partial charge in [0.25, 0.3) is 0 Å². The van der Waals surface area contributed by atoms with E-state index >= 15 is 0 Å². The number of hydrogen-bond donors (Lipinski definition) is 0. The van der Waals surface area contributed by atoms with Crippen molar-refractivity contribution in [2.24, 2.45) is 0 Å². The van der Waals surface area contributed by atoms with E-state index in [-0.39, 0.29) is 15.6 Å². The largest absolute Gasteiger partial charge is 0.431 e. The van der Waals surface area contributed by atoms with Gasteiger partial charge < -0.3 is 0 Å². The number of halogens is 2.